The summed E-state index contributed by atoms with van der Waals surface area (Å²) < 4.78 is 0. The normalized spacial score (nSPS) is 17.1. The summed E-state index contributed by atoms with van der Waals surface area (Å²) in [5.41, 5.74) is 1.26. The number of aliphatic hydroxyl groups is 1. The van der Waals surface area contributed by atoms with Crippen LogP contribution in [-0.4, -0.2) is 37.4 Å². The summed E-state index contributed by atoms with van der Waals surface area (Å²) in [6.45, 7) is 3.36. The van der Waals surface area contributed by atoms with Gasteiger partial charge in [0, 0.05) is 36.4 Å². The van der Waals surface area contributed by atoms with E-state index in [0.717, 1.165) is 43.9 Å². The number of anilines is 1. The van der Waals surface area contributed by atoms with Crippen molar-refractivity contribution >= 4 is 17.3 Å². The largest absolute Gasteiger partial charge is 0.396 e. The van der Waals surface area contributed by atoms with Gasteiger partial charge in [-0.1, -0.05) is 11.6 Å². The molecule has 1 fully saturated rings. The molecule has 100 valence electrons. The molecule has 0 aromatic heterocycles. The monoisotopic (exact) mass is 268 g/mol. The van der Waals surface area contributed by atoms with E-state index in [1.54, 1.807) is 0 Å². The van der Waals surface area contributed by atoms with E-state index in [1.807, 2.05) is 12.1 Å². The van der Waals surface area contributed by atoms with Gasteiger partial charge >= 0.3 is 0 Å². The van der Waals surface area contributed by atoms with Crippen molar-refractivity contribution in [3.63, 3.8) is 0 Å². The highest BCUT2D eigenvalue weighted by Crippen LogP contribution is 2.21. The second-order valence-electron chi connectivity index (χ2n) is 4.77. The van der Waals surface area contributed by atoms with Gasteiger partial charge in [-0.15, -0.1) is 0 Å². The van der Waals surface area contributed by atoms with Crippen LogP contribution in [0.2, 0.25) is 5.02 Å². The van der Waals surface area contributed by atoms with Crippen LogP contribution in [0.25, 0.3) is 0 Å². The van der Waals surface area contributed by atoms with Crippen molar-refractivity contribution in [2.75, 3.05) is 31.1 Å². The molecule has 1 heterocycles. The Bertz CT molecular complexity index is 347. The molecule has 0 bridgehead atoms. The van der Waals surface area contributed by atoms with Crippen LogP contribution in [0.3, 0.4) is 0 Å². The molecule has 0 saturated carbocycles. The van der Waals surface area contributed by atoms with Crippen LogP contribution in [0.1, 0.15) is 19.3 Å². The summed E-state index contributed by atoms with van der Waals surface area (Å²) in [6.07, 6.45) is 3.17. The average Bonchev–Trinajstić information content (AvgIpc) is 2.41. The van der Waals surface area contributed by atoms with E-state index in [9.17, 15) is 0 Å². The van der Waals surface area contributed by atoms with Crippen LogP contribution >= 0.6 is 11.6 Å². The van der Waals surface area contributed by atoms with E-state index in [1.165, 1.54) is 5.69 Å². The Labute approximate surface area is 114 Å². The molecule has 1 saturated heterocycles. The zero-order valence-electron chi connectivity index (χ0n) is 10.6. The number of hydrogen-bond donors (Lipinski definition) is 2. The van der Waals surface area contributed by atoms with Crippen molar-refractivity contribution in [3.8, 4) is 0 Å². The van der Waals surface area contributed by atoms with Crippen molar-refractivity contribution in [1.29, 1.82) is 0 Å². The number of nitrogens with zero attached hydrogens (tertiary/aromatic N) is 1. The van der Waals surface area contributed by atoms with E-state index >= 15 is 0 Å². The number of benzene rings is 1. The molecule has 0 atom stereocenters. The van der Waals surface area contributed by atoms with Crippen LogP contribution in [0.5, 0.6) is 0 Å². The molecule has 0 unspecified atom stereocenters. The van der Waals surface area contributed by atoms with E-state index in [0.29, 0.717) is 6.04 Å². The van der Waals surface area contributed by atoms with Crippen LogP contribution in [0.4, 0.5) is 5.69 Å². The first kappa shape index (κ1) is 13.7. The molecule has 0 radical (unpaired) electrons. The van der Waals surface area contributed by atoms with Gasteiger partial charge in [0.05, 0.1) is 0 Å². The first-order valence-corrected chi connectivity index (χ1v) is 7.02. The molecule has 1 aromatic carbocycles. The molecular formula is C14H21ClN2O. The maximum atomic E-state index is 8.75. The van der Waals surface area contributed by atoms with Crippen LogP contribution < -0.4 is 10.2 Å². The quantitative estimate of drug-likeness (QED) is 0.805. The number of piperidine rings is 1. The summed E-state index contributed by atoms with van der Waals surface area (Å²) in [4.78, 5) is 2.40. The Morgan fingerprint density at radius 2 is 1.89 bits per heavy atom. The predicted molar refractivity (Wildman–Crippen MR) is 76.4 cm³/mol. The lowest BCUT2D eigenvalue weighted by molar-refractivity contribution is 0.280. The Kier molecular flexibility index (Phi) is 5.29. The summed E-state index contributed by atoms with van der Waals surface area (Å²) in [5.74, 6) is 0. The minimum absolute atomic E-state index is 0.274. The van der Waals surface area contributed by atoms with Crippen molar-refractivity contribution in [2.24, 2.45) is 0 Å². The van der Waals surface area contributed by atoms with E-state index in [4.69, 9.17) is 16.7 Å². The van der Waals surface area contributed by atoms with Gasteiger partial charge in [-0.05, 0) is 50.1 Å². The fourth-order valence-electron chi connectivity index (χ4n) is 2.38. The van der Waals surface area contributed by atoms with Gasteiger partial charge in [-0.3, -0.25) is 0 Å². The van der Waals surface area contributed by atoms with Gasteiger partial charge in [0.25, 0.3) is 0 Å². The molecule has 2 N–H and O–H groups in total. The highest BCUT2D eigenvalue weighted by molar-refractivity contribution is 6.30. The molecule has 0 spiro atoms. The number of aliphatic hydroxyl groups excluding tert-OH is 1. The molecule has 3 nitrogen and oxygen atoms in total. The fraction of sp³-hybridized carbons (Fsp3) is 0.571. The zero-order valence-corrected chi connectivity index (χ0v) is 11.4. The van der Waals surface area contributed by atoms with Crippen LogP contribution in [-0.2, 0) is 0 Å². The van der Waals surface area contributed by atoms with Crippen molar-refractivity contribution in [2.45, 2.75) is 25.3 Å². The first-order chi connectivity index (χ1) is 8.79. The SMILES string of the molecule is OCCCNC1CCN(c2ccc(Cl)cc2)CC1. The van der Waals surface area contributed by atoms with Gasteiger partial charge in [0.2, 0.25) is 0 Å². The number of hydrogen-bond acceptors (Lipinski definition) is 3. The lowest BCUT2D eigenvalue weighted by Gasteiger charge is -2.34. The first-order valence-electron chi connectivity index (χ1n) is 6.64. The van der Waals surface area contributed by atoms with Gasteiger partial charge in [-0.2, -0.15) is 0 Å². The molecule has 4 heteroatoms. The van der Waals surface area contributed by atoms with Crippen LogP contribution in [0.15, 0.2) is 24.3 Å². The fourth-order valence-corrected chi connectivity index (χ4v) is 2.50. The van der Waals surface area contributed by atoms with Gasteiger partial charge < -0.3 is 15.3 Å². The summed E-state index contributed by atoms with van der Waals surface area (Å²) >= 11 is 5.90. The third-order valence-electron chi connectivity index (χ3n) is 3.45. The Morgan fingerprint density at radius 1 is 1.22 bits per heavy atom. The van der Waals surface area contributed by atoms with E-state index in [2.05, 4.69) is 22.3 Å². The second-order valence-corrected chi connectivity index (χ2v) is 5.21. The molecule has 1 aliphatic heterocycles. The zero-order chi connectivity index (χ0) is 12.8. The topological polar surface area (TPSA) is 35.5 Å². The predicted octanol–water partition coefficient (Wildman–Crippen LogP) is 2.28. The van der Waals surface area contributed by atoms with Gasteiger partial charge in [0.1, 0.15) is 0 Å². The molecule has 0 amide bonds. The van der Waals surface area contributed by atoms with Crippen LogP contribution in [0, 0.1) is 0 Å². The molecule has 2 rings (SSSR count). The summed E-state index contributed by atoms with van der Waals surface area (Å²) in [6, 6.07) is 8.66. The molecule has 1 aliphatic rings. The molecule has 0 aliphatic carbocycles. The smallest absolute Gasteiger partial charge is 0.0443 e. The Balaban J connectivity index is 1.77. The molecule has 18 heavy (non-hydrogen) atoms. The van der Waals surface area contributed by atoms with E-state index in [-0.39, 0.29) is 6.61 Å². The van der Waals surface area contributed by atoms with Gasteiger partial charge in [-0.25, -0.2) is 0 Å². The lowest BCUT2D eigenvalue weighted by atomic mass is 10.0. The standard InChI is InChI=1S/C14H21ClN2O/c15-12-2-4-14(5-3-12)17-9-6-13(7-10-17)16-8-1-11-18/h2-5,13,16,18H,1,6-11H2. The van der Waals surface area contributed by atoms with Crippen molar-refractivity contribution in [1.82, 2.24) is 5.32 Å². The maximum Gasteiger partial charge on any atom is 0.0443 e. The molecular weight excluding hydrogens is 248 g/mol. The number of nitrogens with one attached hydrogen (secondary N) is 1. The van der Waals surface area contributed by atoms with Crippen molar-refractivity contribution in [3.05, 3.63) is 29.3 Å². The summed E-state index contributed by atoms with van der Waals surface area (Å²) in [7, 11) is 0. The average molecular weight is 269 g/mol. The molecule has 1 aromatic rings. The van der Waals surface area contributed by atoms with E-state index < -0.39 is 0 Å². The third kappa shape index (κ3) is 3.87. The maximum absolute atomic E-state index is 8.75. The van der Waals surface area contributed by atoms with Gasteiger partial charge in [0.15, 0.2) is 0 Å². The highest BCUT2D eigenvalue weighted by atomic mass is 35.5. The minimum Gasteiger partial charge on any atom is -0.396 e. The minimum atomic E-state index is 0.274. The van der Waals surface area contributed by atoms with Crippen molar-refractivity contribution < 1.29 is 5.11 Å². The second kappa shape index (κ2) is 6.98. The number of rotatable bonds is 5. The third-order valence-corrected chi connectivity index (χ3v) is 3.71. The Morgan fingerprint density at radius 3 is 2.50 bits per heavy atom. The highest BCUT2D eigenvalue weighted by Gasteiger charge is 2.18. The Hall–Kier alpha value is -0.770. The lowest BCUT2D eigenvalue weighted by Crippen LogP contribution is -2.42. The summed E-state index contributed by atoms with van der Waals surface area (Å²) in [5, 5.41) is 13.0. The number of halogens is 1.